The Balaban J connectivity index is 0.000000250. The van der Waals surface area contributed by atoms with Crippen LogP contribution in [0.2, 0.25) is 0 Å². The second-order valence-corrected chi connectivity index (χ2v) is 14.9. The summed E-state index contributed by atoms with van der Waals surface area (Å²) in [6.45, 7) is 13.6. The van der Waals surface area contributed by atoms with Crippen LogP contribution in [0.4, 0.5) is 0 Å². The van der Waals surface area contributed by atoms with Crippen LogP contribution in [0.3, 0.4) is 0 Å². The van der Waals surface area contributed by atoms with Crippen molar-refractivity contribution in [2.75, 3.05) is 0 Å². The fourth-order valence-electron chi connectivity index (χ4n) is 5.36. The molecule has 41 heavy (non-hydrogen) atoms. The van der Waals surface area contributed by atoms with Crippen LogP contribution in [-0.4, -0.2) is 3.26 Å². The molecule has 0 radical (unpaired) electrons. The van der Waals surface area contributed by atoms with Crippen molar-refractivity contribution in [3.63, 3.8) is 0 Å². The maximum atomic E-state index is 2.99. The number of rotatable bonds is 2. The quantitative estimate of drug-likeness (QED) is 0.141. The van der Waals surface area contributed by atoms with E-state index in [-0.39, 0.29) is 35.6 Å². The van der Waals surface area contributed by atoms with Gasteiger partial charge in [0.1, 0.15) is 0 Å². The first-order valence-corrected chi connectivity index (χ1v) is 16.3. The normalized spacial score (nSPS) is 14.5. The Hall–Kier alpha value is -1.67. The van der Waals surface area contributed by atoms with E-state index >= 15 is 0 Å². The van der Waals surface area contributed by atoms with Gasteiger partial charge in [0.05, 0.1) is 0 Å². The molecule has 2 aliphatic carbocycles. The van der Waals surface area contributed by atoms with Crippen LogP contribution >= 0.6 is 24.8 Å². The summed E-state index contributed by atoms with van der Waals surface area (Å²) in [5.74, 6) is 0.925. The predicted octanol–water partition coefficient (Wildman–Crippen LogP) is 11.4. The van der Waals surface area contributed by atoms with Crippen LogP contribution in [0.25, 0.3) is 21.5 Å². The number of halogens is 2. The summed E-state index contributed by atoms with van der Waals surface area (Å²) < 4.78 is 1.73. The van der Waals surface area contributed by atoms with Gasteiger partial charge in [0.2, 0.25) is 0 Å². The molecule has 0 saturated heterocycles. The third kappa shape index (κ3) is 9.67. The molecule has 6 rings (SSSR count). The molecule has 0 spiro atoms. The fraction of sp³-hybridized carbons (Fsp3) is 0.368. The molecule has 0 heterocycles. The van der Waals surface area contributed by atoms with E-state index < -0.39 is 0 Å². The topological polar surface area (TPSA) is 0 Å². The Labute approximate surface area is 275 Å². The van der Waals surface area contributed by atoms with Crippen LogP contribution in [-0.2, 0) is 34.7 Å². The van der Waals surface area contributed by atoms with Gasteiger partial charge in [0.15, 0.2) is 0 Å². The standard InChI is InChI=1S/C21H25.C12H14.C5H5.2ClH.Hf/c1-20(2,3)16-7-9-18-14(12-16)11-15-13-17(21(4,5)6)8-10-19(15)18;1-2-6-11(7-3-1)10-12-8-4-5-9-12;1-2-4-5-3-1;;;/h7-13H,1-6H3;1-3,6-7,12H,4-5,8-9H2;1-3H,4H2;2*1H;/q-1;;-1;;;+2. The van der Waals surface area contributed by atoms with Crippen molar-refractivity contribution in [2.45, 2.75) is 84.5 Å². The Kier molecular flexibility index (Phi) is 13.6. The molecule has 4 aromatic carbocycles. The molecule has 2 aliphatic rings. The summed E-state index contributed by atoms with van der Waals surface area (Å²) in [5, 5.41) is 5.48. The minimum atomic E-state index is 0. The molecule has 0 aliphatic heterocycles. The van der Waals surface area contributed by atoms with E-state index in [9.17, 15) is 0 Å². The van der Waals surface area contributed by atoms with Gasteiger partial charge in [-0.1, -0.05) is 76.9 Å². The summed E-state index contributed by atoms with van der Waals surface area (Å²) in [4.78, 5) is 0. The van der Waals surface area contributed by atoms with Gasteiger partial charge >= 0.3 is 94.6 Å². The molecular formula is C38H46Cl2Hf. The van der Waals surface area contributed by atoms with E-state index in [1.807, 2.05) is 12.2 Å². The second-order valence-electron chi connectivity index (χ2n) is 13.0. The third-order valence-electron chi connectivity index (χ3n) is 7.87. The summed E-state index contributed by atoms with van der Waals surface area (Å²) >= 11 is 1.24. The number of allylic oxidation sites excluding steroid dienone is 4. The second kappa shape index (κ2) is 15.7. The molecule has 0 bridgehead atoms. The van der Waals surface area contributed by atoms with Gasteiger partial charge in [-0.15, -0.1) is 71.0 Å². The zero-order valence-electron chi connectivity index (χ0n) is 25.6. The van der Waals surface area contributed by atoms with Crippen molar-refractivity contribution in [1.82, 2.24) is 0 Å². The zero-order valence-corrected chi connectivity index (χ0v) is 30.8. The van der Waals surface area contributed by atoms with E-state index in [0.717, 1.165) is 12.3 Å². The molecule has 0 atom stereocenters. The summed E-state index contributed by atoms with van der Waals surface area (Å²) in [6.07, 6.45) is 15.8. The van der Waals surface area contributed by atoms with Crippen molar-refractivity contribution >= 4 is 49.6 Å². The molecular weight excluding hydrogens is 706 g/mol. The van der Waals surface area contributed by atoms with Crippen molar-refractivity contribution < 1.29 is 23.9 Å². The van der Waals surface area contributed by atoms with Gasteiger partial charge in [-0.2, -0.15) is 6.08 Å². The molecule has 0 nitrogen and oxygen atoms in total. The van der Waals surface area contributed by atoms with Crippen LogP contribution in [0.15, 0.2) is 91.0 Å². The molecule has 4 aromatic rings. The van der Waals surface area contributed by atoms with E-state index in [4.69, 9.17) is 0 Å². The van der Waals surface area contributed by atoms with E-state index in [2.05, 4.69) is 126 Å². The molecule has 0 unspecified atom stereocenters. The SMILES string of the molecule is CC(C)(C)c1ccc2c(c1)[cH-]c1cc(C(C)(C)C)ccc12.Cl.Cl.[C-]1=CC=CC1.[Hf+2]=[C](c1ccccc1)C1CCCC1. The van der Waals surface area contributed by atoms with Gasteiger partial charge in [-0.05, 0) is 10.8 Å². The number of benzene rings is 3. The first-order valence-electron chi connectivity index (χ1n) is 14.5. The minimum absolute atomic E-state index is 0. The van der Waals surface area contributed by atoms with Gasteiger partial charge in [-0.25, -0.2) is 12.2 Å². The monoisotopic (exact) mass is 752 g/mol. The summed E-state index contributed by atoms with van der Waals surface area (Å²) in [5.41, 5.74) is 4.71. The Morgan fingerprint density at radius 1 is 0.756 bits per heavy atom. The summed E-state index contributed by atoms with van der Waals surface area (Å²) in [7, 11) is 0. The number of fused-ring (bicyclic) bond motifs is 3. The Bertz CT molecular complexity index is 1380. The van der Waals surface area contributed by atoms with Crippen molar-refractivity contribution in [3.05, 3.63) is 114 Å². The molecule has 0 amide bonds. The van der Waals surface area contributed by atoms with Crippen LogP contribution < -0.4 is 0 Å². The molecule has 1 fully saturated rings. The van der Waals surface area contributed by atoms with Crippen LogP contribution in [0, 0.1) is 12.0 Å². The van der Waals surface area contributed by atoms with E-state index in [0.29, 0.717) is 0 Å². The molecule has 3 heteroatoms. The predicted molar refractivity (Wildman–Crippen MR) is 183 cm³/mol. The third-order valence-corrected chi connectivity index (χ3v) is 10.4. The maximum absolute atomic E-state index is 2.99. The number of hydrogen-bond acceptors (Lipinski definition) is 0. The van der Waals surface area contributed by atoms with E-state index in [1.165, 1.54) is 87.8 Å². The molecule has 0 N–H and O–H groups in total. The molecule has 0 aromatic heterocycles. The van der Waals surface area contributed by atoms with Gasteiger partial charge in [0, 0.05) is 0 Å². The first kappa shape index (κ1) is 35.5. The zero-order chi connectivity index (χ0) is 28.0. The van der Waals surface area contributed by atoms with Gasteiger partial charge in [-0.3, -0.25) is 6.08 Å². The van der Waals surface area contributed by atoms with Crippen molar-refractivity contribution in [1.29, 1.82) is 0 Å². The molecule has 216 valence electrons. The van der Waals surface area contributed by atoms with Gasteiger partial charge < -0.3 is 0 Å². The fourth-order valence-corrected chi connectivity index (χ4v) is 7.00. The Morgan fingerprint density at radius 3 is 1.66 bits per heavy atom. The van der Waals surface area contributed by atoms with Gasteiger partial charge in [0.25, 0.3) is 0 Å². The summed E-state index contributed by atoms with van der Waals surface area (Å²) in [6, 6.07) is 27.1. The van der Waals surface area contributed by atoms with Crippen molar-refractivity contribution in [3.8, 4) is 0 Å². The van der Waals surface area contributed by atoms with E-state index in [1.54, 1.807) is 3.26 Å². The van der Waals surface area contributed by atoms with Crippen LogP contribution in [0.5, 0.6) is 0 Å². The number of hydrogen-bond donors (Lipinski definition) is 0. The van der Waals surface area contributed by atoms with Crippen molar-refractivity contribution in [2.24, 2.45) is 5.92 Å². The Morgan fingerprint density at radius 2 is 1.27 bits per heavy atom. The van der Waals surface area contributed by atoms with Crippen LogP contribution in [0.1, 0.15) is 90.3 Å². The average Bonchev–Trinajstić information content (AvgIpc) is 3.70. The first-order chi connectivity index (χ1) is 18.5. The average molecular weight is 752 g/mol. The molecule has 1 saturated carbocycles.